The molecule has 0 unspecified atom stereocenters. The fourth-order valence-corrected chi connectivity index (χ4v) is 2.04. The summed E-state index contributed by atoms with van der Waals surface area (Å²) >= 11 is 11.9. The minimum absolute atomic E-state index is 0.365. The van der Waals surface area contributed by atoms with Gasteiger partial charge in [-0.25, -0.2) is 0 Å². The zero-order valence-corrected chi connectivity index (χ0v) is 13.6. The topological polar surface area (TPSA) is 57.6 Å². The molecule has 0 saturated heterocycles. The van der Waals surface area contributed by atoms with Crippen LogP contribution in [-0.2, 0) is 9.59 Å². The van der Waals surface area contributed by atoms with Gasteiger partial charge in [-0.3, -0.25) is 9.59 Å². The van der Waals surface area contributed by atoms with Crippen molar-refractivity contribution in [3.05, 3.63) is 39.9 Å². The lowest BCUT2D eigenvalue weighted by Crippen LogP contribution is -2.47. The fraction of sp³-hybridized carbons (Fsp3) is 0.333. The Balaban J connectivity index is 2.98. The maximum Gasteiger partial charge on any atom is 0.323 e. The second-order valence-corrected chi connectivity index (χ2v) is 6.33. The van der Waals surface area contributed by atoms with Crippen molar-refractivity contribution in [3.8, 4) is 0 Å². The van der Waals surface area contributed by atoms with Gasteiger partial charge in [0.15, 0.2) is 0 Å². The number of hydrogen-bond acceptors (Lipinski definition) is 2. The van der Waals surface area contributed by atoms with Gasteiger partial charge in [0, 0.05) is 21.7 Å². The Hall–Kier alpha value is -1.52. The molecule has 0 aliphatic heterocycles. The van der Waals surface area contributed by atoms with E-state index in [0.29, 0.717) is 15.6 Å². The monoisotopic (exact) mass is 329 g/mol. The standard InChI is InChI=1S/C15H17Cl2NO3/c1-15(2,3)18(9-14(20)21)13(19)7-4-10-8-11(16)5-6-12(10)17/h4-8H,9H2,1-3H3,(H,20,21). The van der Waals surface area contributed by atoms with Crippen LogP contribution in [0.2, 0.25) is 10.0 Å². The summed E-state index contributed by atoms with van der Waals surface area (Å²) in [6, 6.07) is 4.91. The first kappa shape index (κ1) is 17.5. The van der Waals surface area contributed by atoms with Gasteiger partial charge in [-0.2, -0.15) is 0 Å². The molecule has 1 aromatic carbocycles. The normalized spacial score (nSPS) is 11.7. The van der Waals surface area contributed by atoms with Crippen molar-refractivity contribution in [2.45, 2.75) is 26.3 Å². The first-order chi connectivity index (χ1) is 9.61. The summed E-state index contributed by atoms with van der Waals surface area (Å²) < 4.78 is 0. The number of carbonyl (C=O) groups is 2. The number of halogens is 2. The summed E-state index contributed by atoms with van der Waals surface area (Å²) in [6.45, 7) is 4.95. The molecule has 0 saturated carbocycles. The van der Waals surface area contributed by atoms with Crippen LogP contribution < -0.4 is 0 Å². The Morgan fingerprint density at radius 2 is 1.90 bits per heavy atom. The van der Waals surface area contributed by atoms with Crippen molar-refractivity contribution in [2.24, 2.45) is 0 Å². The zero-order chi connectivity index (χ0) is 16.2. The Labute approximate surface area is 134 Å². The highest BCUT2D eigenvalue weighted by molar-refractivity contribution is 6.34. The molecule has 1 N–H and O–H groups in total. The molecule has 0 bridgehead atoms. The SMILES string of the molecule is CC(C)(C)N(CC(=O)O)C(=O)C=Cc1cc(Cl)ccc1Cl. The maximum atomic E-state index is 12.2. The number of amides is 1. The third-order valence-electron chi connectivity index (χ3n) is 2.73. The first-order valence-electron chi connectivity index (χ1n) is 6.28. The van der Waals surface area contributed by atoms with Gasteiger partial charge in [0.05, 0.1) is 0 Å². The van der Waals surface area contributed by atoms with Crippen LogP contribution in [0, 0.1) is 0 Å². The summed E-state index contributed by atoms with van der Waals surface area (Å²) in [6.07, 6.45) is 2.82. The molecule has 0 radical (unpaired) electrons. The smallest absolute Gasteiger partial charge is 0.323 e. The summed E-state index contributed by atoms with van der Waals surface area (Å²) in [7, 11) is 0. The molecule has 114 valence electrons. The Morgan fingerprint density at radius 1 is 1.29 bits per heavy atom. The third kappa shape index (κ3) is 5.40. The molecule has 1 aromatic rings. The average molecular weight is 330 g/mol. The fourth-order valence-electron chi connectivity index (χ4n) is 1.67. The van der Waals surface area contributed by atoms with Crippen molar-refractivity contribution >= 4 is 41.2 Å². The molecule has 0 fully saturated rings. The van der Waals surface area contributed by atoms with Crippen LogP contribution in [-0.4, -0.2) is 34.0 Å². The minimum Gasteiger partial charge on any atom is -0.480 e. The van der Waals surface area contributed by atoms with Gasteiger partial charge in [0.2, 0.25) is 5.91 Å². The molecule has 6 heteroatoms. The van der Waals surface area contributed by atoms with Crippen molar-refractivity contribution in [2.75, 3.05) is 6.54 Å². The molecule has 1 rings (SSSR count). The van der Waals surface area contributed by atoms with Crippen LogP contribution in [0.4, 0.5) is 0 Å². The number of nitrogens with zero attached hydrogens (tertiary/aromatic N) is 1. The van der Waals surface area contributed by atoms with E-state index in [1.807, 2.05) is 0 Å². The molecule has 0 aliphatic rings. The van der Waals surface area contributed by atoms with Crippen LogP contribution in [0.5, 0.6) is 0 Å². The number of carbonyl (C=O) groups excluding carboxylic acids is 1. The van der Waals surface area contributed by atoms with Crippen LogP contribution in [0.1, 0.15) is 26.3 Å². The molecule has 0 aliphatic carbocycles. The Kier molecular flexibility index (Phi) is 5.81. The van der Waals surface area contributed by atoms with E-state index in [4.69, 9.17) is 28.3 Å². The molecule has 0 atom stereocenters. The van der Waals surface area contributed by atoms with Crippen LogP contribution in [0.25, 0.3) is 6.08 Å². The van der Waals surface area contributed by atoms with E-state index in [1.165, 1.54) is 17.1 Å². The molecule has 21 heavy (non-hydrogen) atoms. The predicted molar refractivity (Wildman–Crippen MR) is 84.6 cm³/mol. The van der Waals surface area contributed by atoms with Gasteiger partial charge in [0.1, 0.15) is 6.54 Å². The van der Waals surface area contributed by atoms with Gasteiger partial charge in [-0.05, 0) is 50.6 Å². The molecular formula is C15H17Cl2NO3. The summed E-state index contributed by atoms with van der Waals surface area (Å²) in [5.41, 5.74) is -0.000468. The lowest BCUT2D eigenvalue weighted by Gasteiger charge is -2.33. The number of carboxylic acid groups (broad SMARTS) is 1. The van der Waals surface area contributed by atoms with E-state index in [2.05, 4.69) is 0 Å². The van der Waals surface area contributed by atoms with E-state index < -0.39 is 17.4 Å². The number of benzene rings is 1. The van der Waals surface area contributed by atoms with Gasteiger partial charge in [-0.1, -0.05) is 23.2 Å². The van der Waals surface area contributed by atoms with E-state index in [-0.39, 0.29) is 6.54 Å². The molecular weight excluding hydrogens is 313 g/mol. The first-order valence-corrected chi connectivity index (χ1v) is 7.03. The lowest BCUT2D eigenvalue weighted by atomic mass is 10.1. The summed E-state index contributed by atoms with van der Waals surface area (Å²) in [4.78, 5) is 24.3. The minimum atomic E-state index is -1.06. The highest BCUT2D eigenvalue weighted by Gasteiger charge is 2.26. The van der Waals surface area contributed by atoms with Gasteiger partial charge >= 0.3 is 5.97 Å². The van der Waals surface area contributed by atoms with Crippen LogP contribution in [0.15, 0.2) is 24.3 Å². The van der Waals surface area contributed by atoms with E-state index in [9.17, 15) is 9.59 Å². The summed E-state index contributed by atoms with van der Waals surface area (Å²) in [5.74, 6) is -1.46. The average Bonchev–Trinajstić information content (AvgIpc) is 2.35. The van der Waals surface area contributed by atoms with E-state index in [1.54, 1.807) is 39.0 Å². The highest BCUT2D eigenvalue weighted by atomic mass is 35.5. The number of aliphatic carboxylic acids is 1. The molecule has 0 aromatic heterocycles. The molecule has 0 spiro atoms. The van der Waals surface area contributed by atoms with Crippen molar-refractivity contribution in [3.63, 3.8) is 0 Å². The zero-order valence-electron chi connectivity index (χ0n) is 12.1. The predicted octanol–water partition coefficient (Wildman–Crippen LogP) is 3.72. The second-order valence-electron chi connectivity index (χ2n) is 5.49. The maximum absolute atomic E-state index is 12.2. The number of carboxylic acids is 1. The van der Waals surface area contributed by atoms with E-state index in [0.717, 1.165) is 0 Å². The summed E-state index contributed by atoms with van der Waals surface area (Å²) in [5, 5.41) is 9.87. The van der Waals surface area contributed by atoms with Gasteiger partial charge in [-0.15, -0.1) is 0 Å². The van der Waals surface area contributed by atoms with E-state index >= 15 is 0 Å². The quantitative estimate of drug-likeness (QED) is 0.856. The second kappa shape index (κ2) is 6.96. The van der Waals surface area contributed by atoms with Crippen molar-refractivity contribution in [1.82, 2.24) is 4.90 Å². The number of rotatable bonds is 4. The van der Waals surface area contributed by atoms with Crippen LogP contribution in [0.3, 0.4) is 0 Å². The highest BCUT2D eigenvalue weighted by Crippen LogP contribution is 2.22. The molecule has 0 heterocycles. The molecule has 1 amide bonds. The molecule has 4 nitrogen and oxygen atoms in total. The van der Waals surface area contributed by atoms with Gasteiger partial charge < -0.3 is 10.0 Å². The largest absolute Gasteiger partial charge is 0.480 e. The van der Waals surface area contributed by atoms with Crippen molar-refractivity contribution < 1.29 is 14.7 Å². The third-order valence-corrected chi connectivity index (χ3v) is 3.31. The van der Waals surface area contributed by atoms with Gasteiger partial charge in [0.25, 0.3) is 0 Å². The number of hydrogen-bond donors (Lipinski definition) is 1. The van der Waals surface area contributed by atoms with Crippen molar-refractivity contribution in [1.29, 1.82) is 0 Å². The Bertz CT molecular complexity index is 577. The Morgan fingerprint density at radius 3 is 2.43 bits per heavy atom. The van der Waals surface area contributed by atoms with Crippen LogP contribution >= 0.6 is 23.2 Å². The lowest BCUT2D eigenvalue weighted by molar-refractivity contribution is -0.145.